The molecule has 3 N–H and O–H groups in total. The molecule has 3 aliphatic rings. The van der Waals surface area contributed by atoms with Crippen LogP contribution in [0.2, 0.25) is 0 Å². The van der Waals surface area contributed by atoms with Gasteiger partial charge in [0.25, 0.3) is 0 Å². The van der Waals surface area contributed by atoms with Crippen LogP contribution in [0.15, 0.2) is 0 Å². The molecule has 1 saturated heterocycles. The maximum atomic E-state index is 13.0. The van der Waals surface area contributed by atoms with Crippen molar-refractivity contribution in [1.29, 1.82) is 0 Å². The first-order valence-corrected chi connectivity index (χ1v) is 9.86. The summed E-state index contributed by atoms with van der Waals surface area (Å²) in [5, 5.41) is 3.11. The topological polar surface area (TPSA) is 75.4 Å². The Labute approximate surface area is 145 Å². The number of nitrogens with two attached hydrogens (primary N) is 1. The average molecular weight is 335 g/mol. The minimum atomic E-state index is -0.0585. The van der Waals surface area contributed by atoms with Crippen LogP contribution in [0.1, 0.15) is 58.8 Å². The first-order chi connectivity index (χ1) is 11.5. The lowest BCUT2D eigenvalue weighted by atomic mass is 9.83. The number of amides is 2. The van der Waals surface area contributed by atoms with Gasteiger partial charge in [-0.25, -0.2) is 0 Å². The summed E-state index contributed by atoms with van der Waals surface area (Å²) in [6.45, 7) is 5.54. The van der Waals surface area contributed by atoms with E-state index in [-0.39, 0.29) is 35.7 Å². The first kappa shape index (κ1) is 17.7. The number of fused-ring (bicyclic) bond motifs is 2. The van der Waals surface area contributed by atoms with E-state index in [0.29, 0.717) is 18.4 Å². The molecular formula is C19H33N3O2. The Morgan fingerprint density at radius 1 is 1.25 bits per heavy atom. The third kappa shape index (κ3) is 3.46. The Morgan fingerprint density at radius 2 is 2.00 bits per heavy atom. The maximum absolute atomic E-state index is 13.0. The van der Waals surface area contributed by atoms with Gasteiger partial charge in [-0.05, 0) is 57.3 Å². The lowest BCUT2D eigenvalue weighted by molar-refractivity contribution is -0.141. The van der Waals surface area contributed by atoms with E-state index >= 15 is 0 Å². The summed E-state index contributed by atoms with van der Waals surface area (Å²) in [5.41, 5.74) is 6.34. The Balaban J connectivity index is 1.57. The fourth-order valence-corrected chi connectivity index (χ4v) is 5.17. The number of likely N-dealkylation sites (tertiary alicyclic amines) is 1. The number of nitrogens with zero attached hydrogens (tertiary/aromatic N) is 1. The molecule has 5 nitrogen and oxygen atoms in total. The van der Waals surface area contributed by atoms with E-state index < -0.39 is 0 Å². The number of nitrogens with one attached hydrogen (secondary N) is 1. The molecule has 1 aliphatic heterocycles. The predicted molar refractivity (Wildman–Crippen MR) is 94.1 cm³/mol. The molecule has 136 valence electrons. The number of hydrogen-bond donors (Lipinski definition) is 2. The van der Waals surface area contributed by atoms with Crippen molar-refractivity contribution in [2.75, 3.05) is 13.1 Å². The summed E-state index contributed by atoms with van der Waals surface area (Å²) in [5.74, 6) is 1.31. The van der Waals surface area contributed by atoms with Crippen LogP contribution in [0.5, 0.6) is 0 Å². The molecule has 3 rings (SSSR count). The van der Waals surface area contributed by atoms with Gasteiger partial charge in [0.1, 0.15) is 0 Å². The molecule has 1 heterocycles. The molecule has 2 saturated carbocycles. The normalized spacial score (nSPS) is 36.6. The van der Waals surface area contributed by atoms with Gasteiger partial charge in [0.2, 0.25) is 11.8 Å². The van der Waals surface area contributed by atoms with Crippen LogP contribution >= 0.6 is 0 Å². The average Bonchev–Trinajstić information content (AvgIpc) is 3.15. The Bertz CT molecular complexity index is 479. The zero-order valence-electron chi connectivity index (χ0n) is 15.2. The van der Waals surface area contributed by atoms with Crippen molar-refractivity contribution in [3.8, 4) is 0 Å². The van der Waals surface area contributed by atoms with E-state index in [4.69, 9.17) is 5.73 Å². The minimum Gasteiger partial charge on any atom is -0.353 e. The third-order valence-corrected chi connectivity index (χ3v) is 6.48. The summed E-state index contributed by atoms with van der Waals surface area (Å²) in [6.07, 6.45) is 7.35. The molecule has 0 aromatic heterocycles. The molecule has 0 aromatic carbocycles. The molecule has 5 heteroatoms. The van der Waals surface area contributed by atoms with Crippen LogP contribution in [0.4, 0.5) is 0 Å². The summed E-state index contributed by atoms with van der Waals surface area (Å²) >= 11 is 0. The summed E-state index contributed by atoms with van der Waals surface area (Å²) < 4.78 is 0. The highest BCUT2D eigenvalue weighted by Gasteiger charge is 2.50. The second kappa shape index (κ2) is 7.42. The number of carbonyl (C=O) groups excluding carboxylic acids is 2. The van der Waals surface area contributed by atoms with Crippen molar-refractivity contribution >= 4 is 11.8 Å². The number of rotatable bonds is 5. The molecule has 0 radical (unpaired) electrons. The lowest BCUT2D eigenvalue weighted by Gasteiger charge is -2.37. The number of hydrogen-bond acceptors (Lipinski definition) is 3. The SMILES string of the molecule is CCCC(C)NC(=O)C1CCCN(C(=O)C2C3CCC(C3)C2N)C1. The van der Waals surface area contributed by atoms with E-state index in [1.165, 1.54) is 6.42 Å². The zero-order valence-corrected chi connectivity index (χ0v) is 15.2. The smallest absolute Gasteiger partial charge is 0.227 e. The second-order valence-corrected chi connectivity index (χ2v) is 8.26. The van der Waals surface area contributed by atoms with Gasteiger partial charge in [-0.3, -0.25) is 9.59 Å². The molecule has 2 amide bonds. The van der Waals surface area contributed by atoms with Crippen molar-refractivity contribution in [3.63, 3.8) is 0 Å². The third-order valence-electron chi connectivity index (χ3n) is 6.48. The fourth-order valence-electron chi connectivity index (χ4n) is 5.17. The van der Waals surface area contributed by atoms with Gasteiger partial charge >= 0.3 is 0 Å². The highest BCUT2D eigenvalue weighted by Crippen LogP contribution is 2.48. The van der Waals surface area contributed by atoms with Crippen molar-refractivity contribution < 1.29 is 9.59 Å². The van der Waals surface area contributed by atoms with Crippen LogP contribution in [0.25, 0.3) is 0 Å². The highest BCUT2D eigenvalue weighted by atomic mass is 16.2. The quantitative estimate of drug-likeness (QED) is 0.806. The van der Waals surface area contributed by atoms with Gasteiger partial charge in [-0.15, -0.1) is 0 Å². The standard InChI is InChI=1S/C19H33N3O2/c1-3-5-12(2)21-18(23)15-6-4-9-22(11-15)19(24)16-13-7-8-14(10-13)17(16)20/h12-17H,3-11,20H2,1-2H3,(H,21,23). The molecule has 6 unspecified atom stereocenters. The minimum absolute atomic E-state index is 0.00424. The lowest BCUT2D eigenvalue weighted by Crippen LogP contribution is -2.52. The molecule has 24 heavy (non-hydrogen) atoms. The fraction of sp³-hybridized carbons (Fsp3) is 0.895. The largest absolute Gasteiger partial charge is 0.353 e. The molecule has 6 atom stereocenters. The molecule has 0 spiro atoms. The summed E-state index contributed by atoms with van der Waals surface area (Å²) in [6, 6.07) is 0.252. The van der Waals surface area contributed by atoms with Crippen LogP contribution in [-0.2, 0) is 9.59 Å². The first-order valence-electron chi connectivity index (χ1n) is 9.86. The molecule has 3 fully saturated rings. The Kier molecular flexibility index (Phi) is 5.48. The number of piperidine rings is 1. The van der Waals surface area contributed by atoms with Crippen LogP contribution in [0, 0.1) is 23.7 Å². The van der Waals surface area contributed by atoms with Gasteiger partial charge in [-0.2, -0.15) is 0 Å². The summed E-state index contributed by atoms with van der Waals surface area (Å²) in [7, 11) is 0. The maximum Gasteiger partial charge on any atom is 0.227 e. The predicted octanol–water partition coefficient (Wildman–Crippen LogP) is 1.90. The Morgan fingerprint density at radius 3 is 2.67 bits per heavy atom. The number of carbonyl (C=O) groups is 2. The van der Waals surface area contributed by atoms with E-state index in [2.05, 4.69) is 19.2 Å². The van der Waals surface area contributed by atoms with Gasteiger partial charge < -0.3 is 16.0 Å². The van der Waals surface area contributed by atoms with E-state index in [0.717, 1.165) is 45.1 Å². The van der Waals surface area contributed by atoms with Gasteiger partial charge in [0.15, 0.2) is 0 Å². The van der Waals surface area contributed by atoms with Crippen LogP contribution in [0.3, 0.4) is 0 Å². The molecule has 2 bridgehead atoms. The van der Waals surface area contributed by atoms with E-state index in [1.807, 2.05) is 4.90 Å². The van der Waals surface area contributed by atoms with E-state index in [9.17, 15) is 9.59 Å². The van der Waals surface area contributed by atoms with Crippen LogP contribution in [-0.4, -0.2) is 41.9 Å². The van der Waals surface area contributed by atoms with Gasteiger partial charge in [0.05, 0.1) is 11.8 Å². The monoisotopic (exact) mass is 335 g/mol. The van der Waals surface area contributed by atoms with Crippen molar-refractivity contribution in [2.45, 2.75) is 70.9 Å². The van der Waals surface area contributed by atoms with Gasteiger partial charge in [0, 0.05) is 25.2 Å². The van der Waals surface area contributed by atoms with Crippen molar-refractivity contribution in [1.82, 2.24) is 10.2 Å². The van der Waals surface area contributed by atoms with E-state index in [1.54, 1.807) is 0 Å². The van der Waals surface area contributed by atoms with Gasteiger partial charge in [-0.1, -0.05) is 13.3 Å². The molecule has 2 aliphatic carbocycles. The second-order valence-electron chi connectivity index (χ2n) is 8.26. The Hall–Kier alpha value is -1.10. The van der Waals surface area contributed by atoms with Crippen LogP contribution < -0.4 is 11.1 Å². The molecule has 0 aromatic rings. The van der Waals surface area contributed by atoms with Crippen molar-refractivity contribution in [3.05, 3.63) is 0 Å². The van der Waals surface area contributed by atoms with Crippen molar-refractivity contribution in [2.24, 2.45) is 29.4 Å². The molecular weight excluding hydrogens is 302 g/mol. The summed E-state index contributed by atoms with van der Waals surface area (Å²) in [4.78, 5) is 27.4. The zero-order chi connectivity index (χ0) is 17.3. The highest BCUT2D eigenvalue weighted by molar-refractivity contribution is 5.83.